The molecule has 0 saturated heterocycles. The van der Waals surface area contributed by atoms with Gasteiger partial charge in [-0.1, -0.05) is 30.8 Å². The Labute approximate surface area is 144 Å². The second kappa shape index (κ2) is 8.98. The van der Waals surface area contributed by atoms with Crippen molar-refractivity contribution in [3.63, 3.8) is 0 Å². The number of nitro benzene ring substituents is 2. The lowest BCUT2D eigenvalue weighted by molar-refractivity contribution is -0.385. The standard InChI is InChI=1S/C16H15N2O6P/c1-2-25(23-11-13-7-3-5-9-15(13)17(19)20)24-12-14-8-4-6-10-16(14)18(21)22/h2-10H,1,11-12H2. The lowest BCUT2D eigenvalue weighted by Crippen LogP contribution is -1.99. The molecule has 0 N–H and O–H groups in total. The summed E-state index contributed by atoms with van der Waals surface area (Å²) in [5.74, 6) is 1.44. The molecule has 0 amide bonds. The molecule has 0 aliphatic heterocycles. The Kier molecular flexibility index (Phi) is 6.71. The van der Waals surface area contributed by atoms with E-state index in [1.807, 2.05) is 0 Å². The maximum atomic E-state index is 11.0. The van der Waals surface area contributed by atoms with Gasteiger partial charge in [0, 0.05) is 12.1 Å². The van der Waals surface area contributed by atoms with Crippen LogP contribution in [0.3, 0.4) is 0 Å². The van der Waals surface area contributed by atoms with Gasteiger partial charge >= 0.3 is 0 Å². The molecule has 9 heteroatoms. The van der Waals surface area contributed by atoms with E-state index >= 15 is 0 Å². The number of hydrogen-bond donors (Lipinski definition) is 0. The minimum Gasteiger partial charge on any atom is -0.326 e. The van der Waals surface area contributed by atoms with Gasteiger partial charge in [0.15, 0.2) is 8.38 Å². The molecule has 2 rings (SSSR count). The van der Waals surface area contributed by atoms with Crippen molar-refractivity contribution in [2.45, 2.75) is 13.2 Å². The van der Waals surface area contributed by atoms with Gasteiger partial charge in [-0.15, -0.1) is 0 Å². The molecule has 130 valence electrons. The van der Waals surface area contributed by atoms with Gasteiger partial charge in [0.25, 0.3) is 11.4 Å². The predicted molar refractivity (Wildman–Crippen MR) is 92.9 cm³/mol. The van der Waals surface area contributed by atoms with Crippen LogP contribution in [0.5, 0.6) is 0 Å². The fourth-order valence-corrected chi connectivity index (χ4v) is 2.85. The first kappa shape index (κ1) is 18.7. The van der Waals surface area contributed by atoms with E-state index in [1.54, 1.807) is 36.4 Å². The summed E-state index contributed by atoms with van der Waals surface area (Å²) >= 11 is 0. The summed E-state index contributed by atoms with van der Waals surface area (Å²) in [4.78, 5) is 21.0. The summed E-state index contributed by atoms with van der Waals surface area (Å²) in [5, 5.41) is 22.0. The van der Waals surface area contributed by atoms with Gasteiger partial charge in [0.05, 0.1) is 34.2 Å². The van der Waals surface area contributed by atoms with Gasteiger partial charge < -0.3 is 9.05 Å². The van der Waals surface area contributed by atoms with Crippen LogP contribution < -0.4 is 0 Å². The lowest BCUT2D eigenvalue weighted by atomic mass is 10.2. The molecule has 8 nitrogen and oxygen atoms in total. The predicted octanol–water partition coefficient (Wildman–Crippen LogP) is 4.69. The monoisotopic (exact) mass is 362 g/mol. The first-order chi connectivity index (χ1) is 12.0. The third-order valence-corrected chi connectivity index (χ3v) is 4.29. The number of para-hydroxylation sites is 2. The van der Waals surface area contributed by atoms with Crippen LogP contribution >= 0.6 is 8.38 Å². The fraction of sp³-hybridized carbons (Fsp3) is 0.125. The highest BCUT2D eigenvalue weighted by atomic mass is 31.2. The molecule has 0 heterocycles. The molecule has 25 heavy (non-hydrogen) atoms. The molecule has 0 unspecified atom stereocenters. The summed E-state index contributed by atoms with van der Waals surface area (Å²) < 4.78 is 11.1. The van der Waals surface area contributed by atoms with Crippen LogP contribution in [0.25, 0.3) is 0 Å². The zero-order chi connectivity index (χ0) is 18.2. The van der Waals surface area contributed by atoms with Crippen molar-refractivity contribution < 1.29 is 18.9 Å². The van der Waals surface area contributed by atoms with Crippen molar-refractivity contribution in [3.8, 4) is 0 Å². The van der Waals surface area contributed by atoms with E-state index in [-0.39, 0.29) is 24.6 Å². The van der Waals surface area contributed by atoms with Gasteiger partial charge in [-0.25, -0.2) is 0 Å². The van der Waals surface area contributed by atoms with Crippen molar-refractivity contribution in [2.75, 3.05) is 0 Å². The Morgan fingerprint density at radius 3 is 1.64 bits per heavy atom. The van der Waals surface area contributed by atoms with Crippen LogP contribution in [-0.2, 0) is 22.3 Å². The molecule has 2 aromatic carbocycles. The average molecular weight is 362 g/mol. The van der Waals surface area contributed by atoms with E-state index in [9.17, 15) is 20.2 Å². The van der Waals surface area contributed by atoms with Crippen molar-refractivity contribution >= 4 is 19.8 Å². The van der Waals surface area contributed by atoms with Crippen LogP contribution in [-0.4, -0.2) is 9.85 Å². The topological polar surface area (TPSA) is 105 Å². The highest BCUT2D eigenvalue weighted by molar-refractivity contribution is 7.50. The Hall–Kier alpha value is -2.67. The highest BCUT2D eigenvalue weighted by Crippen LogP contribution is 2.42. The van der Waals surface area contributed by atoms with Crippen LogP contribution in [0, 0.1) is 20.2 Å². The Balaban J connectivity index is 1.99. The van der Waals surface area contributed by atoms with Crippen molar-refractivity contribution in [2.24, 2.45) is 0 Å². The van der Waals surface area contributed by atoms with Crippen molar-refractivity contribution in [1.82, 2.24) is 0 Å². The third kappa shape index (κ3) is 5.15. The lowest BCUT2D eigenvalue weighted by Gasteiger charge is -2.14. The zero-order valence-electron chi connectivity index (χ0n) is 13.1. The Bertz CT molecular complexity index is 721. The Morgan fingerprint density at radius 1 is 0.880 bits per heavy atom. The number of nitrogens with zero attached hydrogens (tertiary/aromatic N) is 2. The maximum Gasteiger partial charge on any atom is 0.274 e. The Morgan fingerprint density at radius 2 is 1.28 bits per heavy atom. The normalized spacial score (nSPS) is 10.6. The SMILES string of the molecule is C=CP(OCc1ccccc1[N+](=O)[O-])OCc1ccccc1[N+](=O)[O-]. The van der Waals surface area contributed by atoms with Gasteiger partial charge in [-0.2, -0.15) is 0 Å². The molecule has 0 atom stereocenters. The first-order valence-corrected chi connectivity index (χ1v) is 8.39. The van der Waals surface area contributed by atoms with Gasteiger partial charge in [-0.05, 0) is 17.9 Å². The summed E-state index contributed by atoms with van der Waals surface area (Å²) in [6.07, 6.45) is 0. The van der Waals surface area contributed by atoms with Crippen LogP contribution in [0.15, 0.2) is 60.9 Å². The summed E-state index contributed by atoms with van der Waals surface area (Å²) in [7, 11) is -1.55. The molecular formula is C16H15N2O6P. The molecule has 0 aliphatic rings. The van der Waals surface area contributed by atoms with Gasteiger partial charge in [0.2, 0.25) is 0 Å². The van der Waals surface area contributed by atoms with E-state index in [4.69, 9.17) is 9.05 Å². The largest absolute Gasteiger partial charge is 0.326 e. The average Bonchev–Trinajstić information content (AvgIpc) is 2.62. The number of hydrogen-bond acceptors (Lipinski definition) is 6. The van der Waals surface area contributed by atoms with Crippen LogP contribution in [0.1, 0.15) is 11.1 Å². The van der Waals surface area contributed by atoms with E-state index in [1.165, 1.54) is 17.9 Å². The van der Waals surface area contributed by atoms with E-state index in [0.29, 0.717) is 11.1 Å². The number of nitro groups is 2. The number of benzene rings is 2. The quantitative estimate of drug-likeness (QED) is 0.364. The molecule has 0 spiro atoms. The van der Waals surface area contributed by atoms with Crippen LogP contribution in [0.4, 0.5) is 11.4 Å². The van der Waals surface area contributed by atoms with Crippen molar-refractivity contribution in [3.05, 3.63) is 92.3 Å². The molecule has 0 bridgehead atoms. The summed E-state index contributed by atoms with van der Waals surface area (Å²) in [6.45, 7) is 3.57. The van der Waals surface area contributed by atoms with Gasteiger partial charge in [-0.3, -0.25) is 20.2 Å². The second-order valence-corrected chi connectivity index (χ2v) is 6.24. The molecule has 0 fully saturated rings. The fourth-order valence-electron chi connectivity index (χ4n) is 2.03. The van der Waals surface area contributed by atoms with Crippen LogP contribution in [0.2, 0.25) is 0 Å². The smallest absolute Gasteiger partial charge is 0.274 e. The molecular weight excluding hydrogens is 347 g/mol. The molecule has 0 aliphatic carbocycles. The molecule has 2 aromatic rings. The minimum atomic E-state index is -1.55. The molecule has 0 aromatic heterocycles. The van der Waals surface area contributed by atoms with E-state index < -0.39 is 18.2 Å². The first-order valence-electron chi connectivity index (χ1n) is 7.15. The zero-order valence-corrected chi connectivity index (χ0v) is 14.0. The second-order valence-electron chi connectivity index (χ2n) is 4.79. The molecule has 0 saturated carbocycles. The summed E-state index contributed by atoms with van der Waals surface area (Å²) in [5.41, 5.74) is 0.743. The minimum absolute atomic E-state index is 0.0221. The highest BCUT2D eigenvalue weighted by Gasteiger charge is 2.17. The van der Waals surface area contributed by atoms with E-state index in [0.717, 1.165) is 0 Å². The van der Waals surface area contributed by atoms with Gasteiger partial charge in [0.1, 0.15) is 0 Å². The van der Waals surface area contributed by atoms with Crippen molar-refractivity contribution in [1.29, 1.82) is 0 Å². The summed E-state index contributed by atoms with van der Waals surface area (Å²) in [6, 6.07) is 12.5. The molecule has 0 radical (unpaired) electrons. The number of rotatable bonds is 9. The maximum absolute atomic E-state index is 11.0. The third-order valence-electron chi connectivity index (χ3n) is 3.22. The van der Waals surface area contributed by atoms with E-state index in [2.05, 4.69) is 6.58 Å².